The third-order valence-corrected chi connectivity index (χ3v) is 6.82. The molecule has 0 fully saturated rings. The second-order valence-electron chi connectivity index (χ2n) is 8.93. The van der Waals surface area contributed by atoms with Crippen LogP contribution in [0.3, 0.4) is 0 Å². The molecule has 1 atom stereocenters. The molecule has 0 aromatic heterocycles. The molecule has 2 N–H and O–H groups in total. The maximum atomic E-state index is 13.5. The molecule has 0 radical (unpaired) electrons. The van der Waals surface area contributed by atoms with E-state index in [9.17, 15) is 25.4 Å². The zero-order chi connectivity index (χ0) is 26.1. The number of nitrogens with zero attached hydrogens (tertiary/aromatic N) is 2. The number of ether oxygens (including phenoxy) is 1. The Labute approximate surface area is 213 Å². The number of aliphatic hydroxyl groups is 1. The Morgan fingerprint density at radius 3 is 2.32 bits per heavy atom. The van der Waals surface area contributed by atoms with Crippen molar-refractivity contribution in [3.8, 4) is 5.75 Å². The van der Waals surface area contributed by atoms with Crippen LogP contribution in [0, 0.1) is 15.5 Å². The molecule has 186 valence electrons. The average Bonchev–Trinajstić information content (AvgIpc) is 2.93. The fourth-order valence-corrected chi connectivity index (χ4v) is 5.08. The van der Waals surface area contributed by atoms with E-state index in [-0.39, 0.29) is 23.1 Å². The van der Waals surface area contributed by atoms with E-state index in [2.05, 4.69) is 0 Å². The van der Waals surface area contributed by atoms with Crippen LogP contribution in [0.4, 0.5) is 11.4 Å². The molecule has 3 aromatic rings. The number of nitro benzene ring substituents is 1. The Morgan fingerprint density at radius 2 is 1.70 bits per heavy atom. The molecule has 0 bridgehead atoms. The predicted molar refractivity (Wildman–Crippen MR) is 141 cm³/mol. The van der Waals surface area contributed by atoms with Gasteiger partial charge in [-0.1, -0.05) is 42.5 Å². The number of rotatable bonds is 5. The van der Waals surface area contributed by atoms with Crippen LogP contribution in [0.2, 0.25) is 0 Å². The molecule has 1 aliphatic heterocycles. The normalized spacial score (nSPS) is 18.9. The van der Waals surface area contributed by atoms with Gasteiger partial charge in [-0.3, -0.25) is 25.2 Å². The van der Waals surface area contributed by atoms with Gasteiger partial charge in [-0.05, 0) is 42.7 Å². The van der Waals surface area contributed by atoms with Crippen molar-refractivity contribution >= 4 is 28.8 Å². The Kier molecular flexibility index (Phi) is 6.31. The van der Waals surface area contributed by atoms with Crippen LogP contribution < -0.4 is 9.64 Å². The van der Waals surface area contributed by atoms with Crippen molar-refractivity contribution in [1.29, 1.82) is 5.41 Å². The summed E-state index contributed by atoms with van der Waals surface area (Å²) in [5.74, 6) is -0.118. The van der Waals surface area contributed by atoms with E-state index in [0.29, 0.717) is 53.1 Å². The number of nitro groups is 1. The molecule has 37 heavy (non-hydrogen) atoms. The fourth-order valence-electron chi connectivity index (χ4n) is 5.08. The molecule has 1 aliphatic carbocycles. The number of non-ortho nitro benzene ring substituents is 1. The van der Waals surface area contributed by atoms with Crippen molar-refractivity contribution in [2.24, 2.45) is 0 Å². The number of benzene rings is 3. The summed E-state index contributed by atoms with van der Waals surface area (Å²) in [4.78, 5) is 25.9. The zero-order valence-corrected chi connectivity index (χ0v) is 20.2. The molecule has 8 nitrogen and oxygen atoms in total. The summed E-state index contributed by atoms with van der Waals surface area (Å²) in [6, 6.07) is 22.1. The lowest BCUT2D eigenvalue weighted by Gasteiger charge is -2.41. The summed E-state index contributed by atoms with van der Waals surface area (Å²) in [5.41, 5.74) is 3.24. The standard InChI is InChI=1S/C29H25N3O5/c1-37-22-16-10-18(11-17-22)25-26-23(8-5-9-24(26)33)31(20-12-14-21(15-13-20)32(35)36)29(30)27(25)28(34)19-6-3-2-4-7-19/h2-4,6-7,10-17,25,30,34H,5,8-9H2,1H3. The van der Waals surface area contributed by atoms with Crippen LogP contribution >= 0.6 is 0 Å². The average molecular weight is 496 g/mol. The summed E-state index contributed by atoms with van der Waals surface area (Å²) in [6.45, 7) is 0. The van der Waals surface area contributed by atoms with Crippen LogP contribution in [0.5, 0.6) is 5.75 Å². The minimum atomic E-state index is -0.657. The first-order chi connectivity index (χ1) is 17.9. The van der Waals surface area contributed by atoms with Crippen molar-refractivity contribution in [2.45, 2.75) is 25.2 Å². The molecule has 1 unspecified atom stereocenters. The quantitative estimate of drug-likeness (QED) is 0.249. The highest BCUT2D eigenvalue weighted by molar-refractivity contribution is 6.19. The first kappa shape index (κ1) is 24.0. The number of carbonyl (C=O) groups is 1. The molecule has 0 spiro atoms. The topological polar surface area (TPSA) is 117 Å². The number of hydrogen-bond acceptors (Lipinski definition) is 6. The fraction of sp³-hybridized carbons (Fsp3) is 0.172. The molecular formula is C29H25N3O5. The van der Waals surface area contributed by atoms with Gasteiger partial charge in [0.2, 0.25) is 0 Å². The minimum Gasteiger partial charge on any atom is -0.507 e. The molecule has 8 heteroatoms. The third-order valence-electron chi connectivity index (χ3n) is 6.82. The van der Waals surface area contributed by atoms with Crippen molar-refractivity contribution in [3.63, 3.8) is 0 Å². The van der Waals surface area contributed by atoms with Gasteiger partial charge in [0.15, 0.2) is 5.78 Å². The summed E-state index contributed by atoms with van der Waals surface area (Å²) in [7, 11) is 1.57. The lowest BCUT2D eigenvalue weighted by Crippen LogP contribution is -2.42. The van der Waals surface area contributed by atoms with Crippen molar-refractivity contribution in [3.05, 3.63) is 117 Å². The first-order valence-electron chi connectivity index (χ1n) is 11.9. The minimum absolute atomic E-state index is 0.0180. The highest BCUT2D eigenvalue weighted by Crippen LogP contribution is 2.48. The SMILES string of the molecule is COc1ccc(C2C(=C(O)c3ccccc3)C(=N)N(c3ccc([N+](=O)[O-])cc3)C3=C2C(=O)CCC3)cc1. The molecule has 0 amide bonds. The van der Waals surface area contributed by atoms with Gasteiger partial charge < -0.3 is 9.84 Å². The van der Waals surface area contributed by atoms with Crippen LogP contribution in [0.1, 0.15) is 36.3 Å². The van der Waals surface area contributed by atoms with Crippen LogP contribution in [-0.4, -0.2) is 28.8 Å². The predicted octanol–water partition coefficient (Wildman–Crippen LogP) is 6.16. The van der Waals surface area contributed by atoms with Crippen LogP contribution in [0.25, 0.3) is 5.76 Å². The van der Waals surface area contributed by atoms with Crippen molar-refractivity contribution < 1.29 is 19.6 Å². The van der Waals surface area contributed by atoms with Gasteiger partial charge in [0, 0.05) is 52.6 Å². The molecule has 2 aliphatic rings. The number of aliphatic hydroxyl groups excluding tert-OH is 1. The highest BCUT2D eigenvalue weighted by Gasteiger charge is 2.43. The van der Waals surface area contributed by atoms with Gasteiger partial charge in [-0.15, -0.1) is 0 Å². The van der Waals surface area contributed by atoms with E-state index in [0.717, 1.165) is 5.56 Å². The second-order valence-corrected chi connectivity index (χ2v) is 8.93. The number of carbonyl (C=O) groups excluding carboxylic acids is 1. The zero-order valence-electron chi connectivity index (χ0n) is 20.2. The van der Waals surface area contributed by atoms with E-state index in [4.69, 9.17) is 4.74 Å². The largest absolute Gasteiger partial charge is 0.507 e. The Hall–Kier alpha value is -4.72. The number of amidine groups is 1. The number of methoxy groups -OCH3 is 1. The van der Waals surface area contributed by atoms with Gasteiger partial charge in [0.1, 0.15) is 17.3 Å². The maximum absolute atomic E-state index is 13.5. The lowest BCUT2D eigenvalue weighted by molar-refractivity contribution is -0.384. The van der Waals surface area contributed by atoms with Gasteiger partial charge in [-0.2, -0.15) is 0 Å². The van der Waals surface area contributed by atoms with Crippen LogP contribution in [0.15, 0.2) is 95.7 Å². The van der Waals surface area contributed by atoms with E-state index < -0.39 is 10.8 Å². The van der Waals surface area contributed by atoms with E-state index >= 15 is 0 Å². The number of hydrogen-bond donors (Lipinski definition) is 2. The number of Topliss-reactive ketones (excluding diaryl/α,β-unsaturated/α-hetero) is 1. The summed E-state index contributed by atoms with van der Waals surface area (Å²) < 4.78 is 5.31. The molecule has 5 rings (SSSR count). The van der Waals surface area contributed by atoms with Gasteiger partial charge in [-0.25, -0.2) is 0 Å². The molecule has 3 aromatic carbocycles. The van der Waals surface area contributed by atoms with Crippen molar-refractivity contribution in [2.75, 3.05) is 12.0 Å². The molecule has 1 heterocycles. The first-order valence-corrected chi connectivity index (χ1v) is 11.9. The monoisotopic (exact) mass is 495 g/mol. The van der Waals surface area contributed by atoms with Gasteiger partial charge in [0.25, 0.3) is 5.69 Å². The summed E-state index contributed by atoms with van der Waals surface area (Å²) >= 11 is 0. The maximum Gasteiger partial charge on any atom is 0.269 e. The number of allylic oxidation sites excluding steroid dienone is 2. The Balaban J connectivity index is 1.78. The smallest absolute Gasteiger partial charge is 0.269 e. The van der Waals surface area contributed by atoms with Gasteiger partial charge >= 0.3 is 0 Å². The summed E-state index contributed by atoms with van der Waals surface area (Å²) in [6.07, 6.45) is 1.56. The number of nitrogens with one attached hydrogen (secondary N) is 1. The highest BCUT2D eigenvalue weighted by atomic mass is 16.6. The summed E-state index contributed by atoms with van der Waals surface area (Å²) in [5, 5.41) is 32.1. The van der Waals surface area contributed by atoms with E-state index in [1.165, 1.54) is 12.1 Å². The Morgan fingerprint density at radius 1 is 1.03 bits per heavy atom. The number of ketones is 1. The molecule has 0 saturated carbocycles. The number of anilines is 1. The third kappa shape index (κ3) is 4.27. The molecule has 0 saturated heterocycles. The van der Waals surface area contributed by atoms with E-state index in [1.807, 2.05) is 18.2 Å². The molecular weight excluding hydrogens is 470 g/mol. The second kappa shape index (κ2) is 9.73. The Bertz CT molecular complexity index is 1440. The van der Waals surface area contributed by atoms with Crippen LogP contribution in [-0.2, 0) is 4.79 Å². The van der Waals surface area contributed by atoms with E-state index in [1.54, 1.807) is 60.5 Å². The van der Waals surface area contributed by atoms with Crippen molar-refractivity contribution in [1.82, 2.24) is 0 Å². The lowest BCUT2D eigenvalue weighted by atomic mass is 9.73. The van der Waals surface area contributed by atoms with Gasteiger partial charge in [0.05, 0.1) is 12.0 Å².